The van der Waals surface area contributed by atoms with E-state index in [1.165, 1.54) is 29.2 Å². The number of para-hydroxylation sites is 1. The third-order valence-corrected chi connectivity index (χ3v) is 13.8. The number of likely N-dealkylation sites (tertiary alicyclic amines) is 2. The lowest BCUT2D eigenvalue weighted by Gasteiger charge is -2.32. The molecule has 8 amide bonds. The molecule has 3 aliphatic rings. The molecule has 1 aromatic heterocycles. The lowest BCUT2D eigenvalue weighted by Crippen LogP contribution is -2.61. The Kier molecular flexibility index (Phi) is 21.1. The Bertz CT molecular complexity index is 2620. The molecule has 0 unspecified atom stereocenters. The van der Waals surface area contributed by atoms with Crippen LogP contribution >= 0.6 is 0 Å². The Hall–Kier alpha value is -7.88. The van der Waals surface area contributed by atoms with Gasteiger partial charge >= 0.3 is 5.97 Å². The first kappa shape index (κ1) is 58.4. The number of benzene rings is 2. The van der Waals surface area contributed by atoms with Crippen LogP contribution in [0.1, 0.15) is 62.5 Å². The number of aromatic nitrogens is 1. The highest BCUT2D eigenvalue weighted by molar-refractivity contribution is 5.99. The Morgan fingerprint density at radius 3 is 1.78 bits per heavy atom. The number of phenols is 1. The van der Waals surface area contributed by atoms with E-state index < -0.39 is 110 Å². The minimum absolute atomic E-state index is 0.0402. The Balaban J connectivity index is 1.22. The topological polar surface area (TPSA) is 426 Å². The molecular formula is C50H69N13O14. The van der Waals surface area contributed by atoms with E-state index in [1.54, 1.807) is 17.2 Å². The van der Waals surface area contributed by atoms with Crippen LogP contribution in [0.4, 0.5) is 0 Å². The lowest BCUT2D eigenvalue weighted by molar-refractivity contribution is -0.147. The highest BCUT2D eigenvalue weighted by Crippen LogP contribution is 2.27. The van der Waals surface area contributed by atoms with Crippen LogP contribution in [-0.2, 0) is 56.0 Å². The van der Waals surface area contributed by atoms with Gasteiger partial charge < -0.3 is 89.0 Å². The molecule has 3 aromatic rings. The largest absolute Gasteiger partial charge is 0.508 e. The fourth-order valence-electron chi connectivity index (χ4n) is 9.66. The van der Waals surface area contributed by atoms with E-state index in [1.807, 2.05) is 23.5 Å². The molecule has 3 fully saturated rings. The zero-order valence-electron chi connectivity index (χ0n) is 42.3. The average molecular weight is 1080 g/mol. The van der Waals surface area contributed by atoms with Crippen molar-refractivity contribution in [1.82, 2.24) is 52.0 Å². The molecule has 0 saturated carbocycles. The summed E-state index contributed by atoms with van der Waals surface area (Å²) < 4.78 is 0. The van der Waals surface area contributed by atoms with Gasteiger partial charge in [0.05, 0.1) is 25.9 Å². The number of guanidine groups is 1. The molecule has 0 spiro atoms. The third-order valence-electron chi connectivity index (χ3n) is 13.8. The van der Waals surface area contributed by atoms with Gasteiger partial charge in [-0.25, -0.2) is 4.79 Å². The normalized spacial score (nSPS) is 19.4. The van der Waals surface area contributed by atoms with Crippen molar-refractivity contribution in [1.29, 1.82) is 0 Å². The molecule has 9 atom stereocenters. The summed E-state index contributed by atoms with van der Waals surface area (Å²) in [6, 6.07) is 0.935. The number of carboxylic acids is 1. The number of phenolic OH excluding ortho intramolecular Hbond substituents is 1. The fraction of sp³-hybridized carbons (Fsp3) is 0.520. The number of aromatic amines is 1. The van der Waals surface area contributed by atoms with Crippen LogP contribution in [0.2, 0.25) is 0 Å². The van der Waals surface area contributed by atoms with Crippen LogP contribution in [-0.4, -0.2) is 200 Å². The Morgan fingerprint density at radius 1 is 0.636 bits per heavy atom. The van der Waals surface area contributed by atoms with Crippen molar-refractivity contribution in [2.45, 2.75) is 119 Å². The number of nitrogens with two attached hydrogens (primary N) is 2. The zero-order chi connectivity index (χ0) is 55.8. The minimum atomic E-state index is -1.80. The quantitative estimate of drug-likeness (QED) is 0.0204. The van der Waals surface area contributed by atoms with E-state index >= 15 is 0 Å². The number of rotatable bonds is 26. The first-order valence-corrected chi connectivity index (χ1v) is 25.5. The summed E-state index contributed by atoms with van der Waals surface area (Å²) in [5.74, 6) is -8.40. The number of H-pyrrole nitrogens is 1. The van der Waals surface area contributed by atoms with Gasteiger partial charge in [-0.2, -0.15) is 0 Å². The van der Waals surface area contributed by atoms with Gasteiger partial charge in [0.15, 0.2) is 5.96 Å². The van der Waals surface area contributed by atoms with Crippen molar-refractivity contribution in [3.8, 4) is 5.75 Å². The number of aliphatic imine (C=N–C) groups is 1. The molecule has 0 radical (unpaired) electrons. The van der Waals surface area contributed by atoms with E-state index in [2.05, 4.69) is 41.9 Å². The van der Waals surface area contributed by atoms with Gasteiger partial charge in [0.25, 0.3) is 0 Å². The number of fused-ring (bicyclic) bond motifs is 1. The number of carbonyl (C=O) groups is 9. The van der Waals surface area contributed by atoms with Crippen LogP contribution in [0.3, 0.4) is 0 Å². The van der Waals surface area contributed by atoms with Crippen molar-refractivity contribution in [3.63, 3.8) is 0 Å². The second-order valence-electron chi connectivity index (χ2n) is 19.2. The number of nitrogens with one attached hydrogen (secondary N) is 8. The number of aliphatic hydroxyl groups excluding tert-OH is 3. The molecule has 27 nitrogen and oxygen atoms in total. The number of carbonyl (C=O) groups excluding carboxylic acids is 8. The molecule has 4 heterocycles. The van der Waals surface area contributed by atoms with Crippen LogP contribution in [0.15, 0.2) is 59.7 Å². The third kappa shape index (κ3) is 15.6. The van der Waals surface area contributed by atoms with Gasteiger partial charge in [0.2, 0.25) is 47.3 Å². The van der Waals surface area contributed by atoms with E-state index in [0.717, 1.165) is 17.3 Å². The number of aliphatic carboxylic acids is 1. The molecule has 17 N–H and O–H groups in total. The molecule has 6 rings (SSSR count). The Labute approximate surface area is 442 Å². The molecule has 3 saturated heterocycles. The highest BCUT2D eigenvalue weighted by atomic mass is 16.4. The Morgan fingerprint density at radius 2 is 1.18 bits per heavy atom. The number of aliphatic hydroxyl groups is 3. The van der Waals surface area contributed by atoms with Crippen molar-refractivity contribution in [3.05, 3.63) is 65.9 Å². The number of hydrogen-bond acceptors (Lipinski definition) is 15. The number of nitrogens with zero attached hydrogens (tertiary/aromatic N) is 3. The van der Waals surface area contributed by atoms with E-state index in [0.29, 0.717) is 49.9 Å². The first-order chi connectivity index (χ1) is 36.9. The smallest absolute Gasteiger partial charge is 0.328 e. The predicted molar refractivity (Wildman–Crippen MR) is 275 cm³/mol. The maximum Gasteiger partial charge on any atom is 0.328 e. The summed E-state index contributed by atoms with van der Waals surface area (Å²) in [7, 11) is 0. The van der Waals surface area contributed by atoms with Crippen molar-refractivity contribution >= 4 is 70.1 Å². The summed E-state index contributed by atoms with van der Waals surface area (Å²) in [5.41, 5.74) is 12.6. The average Bonchev–Trinajstić information content (AvgIpc) is 4.29. The SMILES string of the molecule is NC(N)=NCCC[C@H](NC(=O)[C@H](CO)NC(=O)[C@H](Cc1ccc(O)cc1)NC(=O)[C@H](Cc1c[nH]c2ccccc12)NC(=O)[C@@H]1CCCN1C(=O)[C@@H]1CCCN1C(=O)[C@@H]1CCCN1)C(=O)N[C@@H](CO)C(=O)N[C@@H](CO)C(=O)O. The van der Waals surface area contributed by atoms with Gasteiger partial charge in [0, 0.05) is 49.6 Å². The second-order valence-corrected chi connectivity index (χ2v) is 19.2. The van der Waals surface area contributed by atoms with Crippen LogP contribution in [0.5, 0.6) is 5.75 Å². The number of hydrogen-bond donors (Lipinski definition) is 15. The maximum atomic E-state index is 14.8. The summed E-state index contributed by atoms with van der Waals surface area (Å²) in [6.07, 6.45) is 4.44. The number of amides is 8. The summed E-state index contributed by atoms with van der Waals surface area (Å²) in [4.78, 5) is 133. The van der Waals surface area contributed by atoms with Crippen LogP contribution in [0, 0.1) is 0 Å². The summed E-state index contributed by atoms with van der Waals surface area (Å²) in [6.45, 7) is -1.80. The maximum absolute atomic E-state index is 14.8. The molecule has 418 valence electrons. The summed E-state index contributed by atoms with van der Waals surface area (Å²) in [5, 5.41) is 67.5. The lowest BCUT2D eigenvalue weighted by atomic mass is 10.0. The van der Waals surface area contributed by atoms with Gasteiger partial charge in [-0.15, -0.1) is 0 Å². The molecule has 77 heavy (non-hydrogen) atoms. The van der Waals surface area contributed by atoms with E-state index in [9.17, 15) is 68.7 Å². The molecule has 27 heteroatoms. The van der Waals surface area contributed by atoms with Crippen molar-refractivity contribution < 1.29 is 68.7 Å². The standard InChI is InChI=1S/C50H69N13O14/c51-50(52)54-18-3-9-32(41(68)59-37(25-65)45(72)61-38(26-66)49(76)77)56-44(71)36(24-64)60-42(69)34(21-27-13-15-29(67)16-14-27)57-43(70)35(22-28-23-55-31-8-2-1-7-30(28)31)58-46(73)39-11-5-19-62(39)48(75)40-12-6-20-63(40)47(74)33-10-4-17-53-33/h1-2,7-8,13-16,23,32-40,53,55,64-67H,3-6,9-12,17-22,24-26H2,(H,56,71)(H,57,70)(H,58,73)(H,59,68)(H,60,69)(H,61,72)(H,76,77)(H4,51,52,54)/t32-,33-,34-,35-,36-,37-,38-,39-,40-/m0/s1. The predicted octanol–water partition coefficient (Wildman–Crippen LogP) is -4.58. The fourth-order valence-corrected chi connectivity index (χ4v) is 9.66. The molecule has 0 aliphatic carbocycles. The van der Waals surface area contributed by atoms with Gasteiger partial charge in [-0.05, 0) is 87.2 Å². The first-order valence-electron chi connectivity index (χ1n) is 25.5. The van der Waals surface area contributed by atoms with E-state index in [4.69, 9.17) is 11.5 Å². The summed E-state index contributed by atoms with van der Waals surface area (Å²) >= 11 is 0. The highest BCUT2D eigenvalue weighted by Gasteiger charge is 2.44. The zero-order valence-corrected chi connectivity index (χ0v) is 42.3. The molecule has 2 aromatic carbocycles. The second kappa shape index (κ2) is 27.8. The van der Waals surface area contributed by atoms with Crippen LogP contribution < -0.4 is 48.7 Å². The molecule has 3 aliphatic heterocycles. The molecular weight excluding hydrogens is 1010 g/mol. The van der Waals surface area contributed by atoms with Crippen LogP contribution in [0.25, 0.3) is 10.9 Å². The van der Waals surface area contributed by atoms with Crippen molar-refractivity contribution in [2.24, 2.45) is 16.5 Å². The van der Waals surface area contributed by atoms with Gasteiger partial charge in [-0.3, -0.25) is 43.3 Å². The monoisotopic (exact) mass is 1080 g/mol. The number of carboxylic acid groups (broad SMARTS) is 1. The number of aromatic hydroxyl groups is 1. The van der Waals surface area contributed by atoms with Gasteiger partial charge in [0.1, 0.15) is 54.1 Å². The van der Waals surface area contributed by atoms with Gasteiger partial charge in [-0.1, -0.05) is 30.3 Å². The molecule has 0 bridgehead atoms. The minimum Gasteiger partial charge on any atom is -0.508 e. The van der Waals surface area contributed by atoms with Crippen molar-refractivity contribution in [2.75, 3.05) is 46.0 Å². The van der Waals surface area contributed by atoms with E-state index in [-0.39, 0.29) is 74.8 Å².